The highest BCUT2D eigenvalue weighted by molar-refractivity contribution is 5.88. The van der Waals surface area contributed by atoms with E-state index in [0.717, 1.165) is 49.3 Å². The van der Waals surface area contributed by atoms with E-state index in [2.05, 4.69) is 50.3 Å². The zero-order valence-corrected chi connectivity index (χ0v) is 15.7. The zero-order chi connectivity index (χ0) is 18.6. The van der Waals surface area contributed by atoms with Gasteiger partial charge in [0.1, 0.15) is 12.1 Å². The molecule has 0 radical (unpaired) electrons. The van der Waals surface area contributed by atoms with Gasteiger partial charge in [-0.15, -0.1) is 0 Å². The number of benzene rings is 1. The lowest BCUT2D eigenvalue weighted by Gasteiger charge is -2.39. The Morgan fingerprint density at radius 3 is 2.78 bits per heavy atom. The van der Waals surface area contributed by atoms with Gasteiger partial charge in [-0.25, -0.2) is 15.0 Å². The summed E-state index contributed by atoms with van der Waals surface area (Å²) >= 11 is 0. The Balaban J connectivity index is 1.54. The van der Waals surface area contributed by atoms with Crippen LogP contribution in [-0.4, -0.2) is 66.1 Å². The van der Waals surface area contributed by atoms with Crippen LogP contribution in [0.4, 0.5) is 0 Å². The van der Waals surface area contributed by atoms with Gasteiger partial charge in [-0.3, -0.25) is 0 Å². The highest BCUT2D eigenvalue weighted by Crippen LogP contribution is 2.23. The number of rotatable bonds is 3. The number of aromatic nitrogens is 2. The molecule has 0 aliphatic carbocycles. The minimum atomic E-state index is 0.258. The minimum absolute atomic E-state index is 0.258. The monoisotopic (exact) mass is 364 g/mol. The van der Waals surface area contributed by atoms with Crippen LogP contribution in [0.15, 0.2) is 53.9 Å². The number of methoxy groups -OCH3 is 1. The van der Waals surface area contributed by atoms with Crippen LogP contribution in [-0.2, 0) is 0 Å². The van der Waals surface area contributed by atoms with Gasteiger partial charge in [0.05, 0.1) is 18.5 Å². The fourth-order valence-electron chi connectivity index (χ4n) is 3.45. The van der Waals surface area contributed by atoms with E-state index >= 15 is 0 Å². The zero-order valence-electron chi connectivity index (χ0n) is 15.7. The Bertz CT molecular complexity index is 833. The highest BCUT2D eigenvalue weighted by Gasteiger charge is 2.26. The maximum Gasteiger partial charge on any atom is 0.202 e. The first-order chi connectivity index (χ1) is 13.2. The van der Waals surface area contributed by atoms with E-state index in [1.807, 2.05) is 18.2 Å². The molecule has 0 saturated carbocycles. The summed E-state index contributed by atoms with van der Waals surface area (Å²) < 4.78 is 5.27. The van der Waals surface area contributed by atoms with Gasteiger partial charge in [0.25, 0.3) is 0 Å². The molecule has 1 aromatic carbocycles. The van der Waals surface area contributed by atoms with E-state index in [9.17, 15) is 0 Å². The van der Waals surface area contributed by atoms with Crippen molar-refractivity contribution in [3.63, 3.8) is 0 Å². The van der Waals surface area contributed by atoms with Crippen LogP contribution in [0.25, 0.3) is 5.70 Å². The van der Waals surface area contributed by atoms with Gasteiger partial charge >= 0.3 is 0 Å². The van der Waals surface area contributed by atoms with Crippen molar-refractivity contribution in [1.29, 1.82) is 0 Å². The quantitative estimate of drug-likeness (QED) is 0.896. The van der Waals surface area contributed by atoms with E-state index in [0.29, 0.717) is 0 Å². The second-order valence-corrected chi connectivity index (χ2v) is 6.70. The predicted octanol–water partition coefficient (Wildman–Crippen LogP) is 1.77. The van der Waals surface area contributed by atoms with Crippen LogP contribution in [0.3, 0.4) is 0 Å². The maximum atomic E-state index is 5.27. The lowest BCUT2D eigenvalue weighted by molar-refractivity contribution is 0.266. The molecular weight excluding hydrogens is 340 g/mol. The van der Waals surface area contributed by atoms with Crippen molar-refractivity contribution in [2.45, 2.75) is 6.04 Å². The summed E-state index contributed by atoms with van der Waals surface area (Å²) in [4.78, 5) is 17.8. The van der Waals surface area contributed by atoms with Crippen LogP contribution in [0.5, 0.6) is 5.75 Å². The normalized spacial score (nSPS) is 20.1. The predicted molar refractivity (Wildman–Crippen MR) is 105 cm³/mol. The van der Waals surface area contributed by atoms with E-state index in [4.69, 9.17) is 9.73 Å². The summed E-state index contributed by atoms with van der Waals surface area (Å²) in [5.41, 5.74) is 3.02. The third-order valence-corrected chi connectivity index (χ3v) is 4.94. The lowest BCUT2D eigenvalue weighted by Crippen LogP contribution is -2.53. The molecule has 0 spiro atoms. The van der Waals surface area contributed by atoms with Gasteiger partial charge in [-0.1, -0.05) is 12.1 Å². The van der Waals surface area contributed by atoms with Gasteiger partial charge in [0.15, 0.2) is 0 Å². The maximum absolute atomic E-state index is 5.27. The first-order valence-electron chi connectivity index (χ1n) is 9.13. The molecule has 27 heavy (non-hydrogen) atoms. The molecule has 1 N–H and O–H groups in total. The van der Waals surface area contributed by atoms with Gasteiger partial charge in [-0.05, 0) is 29.8 Å². The third kappa shape index (κ3) is 3.78. The summed E-state index contributed by atoms with van der Waals surface area (Å²) in [5, 5.41) is 3.61. The Hall–Kier alpha value is -2.93. The fraction of sp³-hybridized carbons (Fsp3) is 0.350. The molecule has 140 valence electrons. The molecule has 1 fully saturated rings. The SMILES string of the molecule is COc1ccc(C2CN(C3=NC(c4ccncn4)=CCN3C)CCN2)cc1. The molecule has 2 aliphatic rings. The molecule has 0 amide bonds. The van der Waals surface area contributed by atoms with Crippen molar-refractivity contribution >= 4 is 11.7 Å². The second kappa shape index (κ2) is 7.75. The number of hydrogen-bond donors (Lipinski definition) is 1. The van der Waals surface area contributed by atoms with E-state index in [-0.39, 0.29) is 6.04 Å². The standard InChI is InChI=1S/C20H24N6O/c1-25-11-8-18(17-7-9-21-14-23-17)24-20(25)26-12-10-22-19(13-26)15-3-5-16(27-2)6-4-15/h3-9,14,19,22H,10-13H2,1-2H3. The molecule has 1 unspecified atom stereocenters. The van der Waals surface area contributed by atoms with Crippen LogP contribution in [0.2, 0.25) is 0 Å². The molecule has 0 bridgehead atoms. The molecular formula is C20H24N6O. The molecule has 2 aromatic rings. The van der Waals surface area contributed by atoms with Crippen molar-refractivity contribution in [2.75, 3.05) is 40.3 Å². The van der Waals surface area contributed by atoms with E-state index < -0.39 is 0 Å². The molecule has 2 aliphatic heterocycles. The molecule has 7 nitrogen and oxygen atoms in total. The summed E-state index contributed by atoms with van der Waals surface area (Å²) in [7, 11) is 3.77. The smallest absolute Gasteiger partial charge is 0.202 e. The van der Waals surface area contributed by atoms with Crippen LogP contribution < -0.4 is 10.1 Å². The van der Waals surface area contributed by atoms with Crippen LogP contribution >= 0.6 is 0 Å². The fourth-order valence-corrected chi connectivity index (χ4v) is 3.45. The number of nitrogens with one attached hydrogen (secondary N) is 1. The molecule has 1 saturated heterocycles. The van der Waals surface area contributed by atoms with Crippen molar-refractivity contribution in [2.24, 2.45) is 4.99 Å². The summed E-state index contributed by atoms with van der Waals surface area (Å²) in [6, 6.07) is 10.4. The Morgan fingerprint density at radius 2 is 2.04 bits per heavy atom. The average molecular weight is 364 g/mol. The largest absolute Gasteiger partial charge is 0.497 e. The summed E-state index contributed by atoms with van der Waals surface area (Å²) in [6.45, 7) is 3.52. The number of guanidine groups is 1. The third-order valence-electron chi connectivity index (χ3n) is 4.94. The van der Waals surface area contributed by atoms with Gasteiger partial charge in [0.2, 0.25) is 5.96 Å². The average Bonchev–Trinajstić information content (AvgIpc) is 2.75. The second-order valence-electron chi connectivity index (χ2n) is 6.70. The minimum Gasteiger partial charge on any atom is -0.497 e. The first-order valence-corrected chi connectivity index (χ1v) is 9.13. The van der Waals surface area contributed by atoms with Crippen LogP contribution in [0, 0.1) is 0 Å². The topological polar surface area (TPSA) is 65.9 Å². The highest BCUT2D eigenvalue weighted by atomic mass is 16.5. The number of aliphatic imine (C=N–C) groups is 1. The van der Waals surface area contributed by atoms with Crippen molar-refractivity contribution in [1.82, 2.24) is 25.1 Å². The Morgan fingerprint density at radius 1 is 1.19 bits per heavy atom. The lowest BCUT2D eigenvalue weighted by atomic mass is 10.0. The van der Waals surface area contributed by atoms with Crippen LogP contribution in [0.1, 0.15) is 17.3 Å². The Labute approximate surface area is 159 Å². The summed E-state index contributed by atoms with van der Waals surface area (Å²) in [6.07, 6.45) is 5.42. The van der Waals surface area contributed by atoms with Gasteiger partial charge in [0, 0.05) is 45.5 Å². The van der Waals surface area contributed by atoms with E-state index in [1.54, 1.807) is 19.6 Å². The molecule has 1 aromatic heterocycles. The van der Waals surface area contributed by atoms with E-state index in [1.165, 1.54) is 5.56 Å². The van der Waals surface area contributed by atoms with Gasteiger partial charge in [-0.2, -0.15) is 0 Å². The number of hydrogen-bond acceptors (Lipinski definition) is 7. The molecule has 3 heterocycles. The van der Waals surface area contributed by atoms with Crippen molar-refractivity contribution in [3.8, 4) is 5.75 Å². The number of likely N-dealkylation sites (N-methyl/N-ethyl adjacent to an activating group) is 1. The Kier molecular flexibility index (Phi) is 5.02. The molecule has 7 heteroatoms. The molecule has 1 atom stereocenters. The van der Waals surface area contributed by atoms with Gasteiger partial charge < -0.3 is 19.9 Å². The first kappa shape index (κ1) is 17.5. The number of piperazine rings is 1. The van der Waals surface area contributed by atoms with Crippen molar-refractivity contribution < 1.29 is 4.74 Å². The summed E-state index contributed by atoms with van der Waals surface area (Å²) in [5.74, 6) is 1.87. The molecule has 4 rings (SSSR count). The van der Waals surface area contributed by atoms with Crippen molar-refractivity contribution in [3.05, 3.63) is 60.2 Å². The number of ether oxygens (including phenoxy) is 1. The number of nitrogens with zero attached hydrogens (tertiary/aromatic N) is 5.